The van der Waals surface area contributed by atoms with Crippen molar-refractivity contribution >= 4 is 29.0 Å². The minimum Gasteiger partial charge on any atom is -0.338 e. The van der Waals surface area contributed by atoms with Crippen LogP contribution in [0.3, 0.4) is 0 Å². The van der Waals surface area contributed by atoms with E-state index in [0.717, 1.165) is 11.3 Å². The molecule has 2 atom stereocenters. The Bertz CT molecular complexity index is 685. The molecule has 6 heteroatoms. The maximum absolute atomic E-state index is 12.1. The molecule has 128 valence electrons. The first-order chi connectivity index (χ1) is 11.5. The number of carbonyl (C=O) groups is 2. The number of benzene rings is 1. The van der Waals surface area contributed by atoms with E-state index in [4.69, 9.17) is 0 Å². The SMILES string of the molecule is CC(=O)Nc1cccc([C@H](C)NC(=O)NC[C@@H](C)c2cccs2)c1. The lowest BCUT2D eigenvalue weighted by Gasteiger charge is -2.17. The number of anilines is 1. The summed E-state index contributed by atoms with van der Waals surface area (Å²) in [5.41, 5.74) is 1.66. The molecule has 0 saturated heterocycles. The second-order valence-electron chi connectivity index (χ2n) is 5.80. The lowest BCUT2D eigenvalue weighted by Crippen LogP contribution is -2.38. The highest BCUT2D eigenvalue weighted by Crippen LogP contribution is 2.20. The molecule has 0 aliphatic rings. The summed E-state index contributed by atoms with van der Waals surface area (Å²) in [4.78, 5) is 24.5. The van der Waals surface area contributed by atoms with Crippen LogP contribution in [-0.2, 0) is 4.79 Å². The van der Waals surface area contributed by atoms with Crippen molar-refractivity contribution in [3.05, 3.63) is 52.2 Å². The molecule has 1 aromatic heterocycles. The fraction of sp³-hybridized carbons (Fsp3) is 0.333. The van der Waals surface area contributed by atoms with Gasteiger partial charge in [-0.2, -0.15) is 0 Å². The third-order valence-corrected chi connectivity index (χ3v) is 4.76. The average molecular weight is 345 g/mol. The molecule has 5 nitrogen and oxygen atoms in total. The van der Waals surface area contributed by atoms with E-state index in [1.807, 2.05) is 42.6 Å². The van der Waals surface area contributed by atoms with Crippen LogP contribution >= 0.6 is 11.3 Å². The minimum atomic E-state index is -0.198. The van der Waals surface area contributed by atoms with Gasteiger partial charge in [0.25, 0.3) is 0 Å². The molecule has 0 spiro atoms. The van der Waals surface area contributed by atoms with Crippen LogP contribution in [0.4, 0.5) is 10.5 Å². The van der Waals surface area contributed by atoms with Gasteiger partial charge in [-0.1, -0.05) is 25.1 Å². The van der Waals surface area contributed by atoms with E-state index in [-0.39, 0.29) is 23.9 Å². The molecule has 0 aliphatic carbocycles. The van der Waals surface area contributed by atoms with Crippen molar-refractivity contribution in [2.75, 3.05) is 11.9 Å². The van der Waals surface area contributed by atoms with Gasteiger partial charge in [-0.15, -0.1) is 11.3 Å². The summed E-state index contributed by atoms with van der Waals surface area (Å²) in [6.07, 6.45) is 0. The normalized spacial score (nSPS) is 13.0. The molecule has 0 fully saturated rings. The third-order valence-electron chi connectivity index (χ3n) is 3.65. The first kappa shape index (κ1) is 18.0. The first-order valence-electron chi connectivity index (χ1n) is 7.91. The fourth-order valence-electron chi connectivity index (χ4n) is 2.34. The van der Waals surface area contributed by atoms with Gasteiger partial charge in [0, 0.05) is 30.0 Å². The van der Waals surface area contributed by atoms with Crippen LogP contribution in [0, 0.1) is 0 Å². The van der Waals surface area contributed by atoms with Crippen LogP contribution in [0.1, 0.15) is 43.2 Å². The molecule has 0 bridgehead atoms. The molecular formula is C18H23N3O2S. The van der Waals surface area contributed by atoms with Gasteiger partial charge in [0.05, 0.1) is 6.04 Å². The summed E-state index contributed by atoms with van der Waals surface area (Å²) in [7, 11) is 0. The Morgan fingerprint density at radius 1 is 1.17 bits per heavy atom. The quantitative estimate of drug-likeness (QED) is 0.744. The van der Waals surface area contributed by atoms with E-state index in [2.05, 4.69) is 28.9 Å². The number of thiophene rings is 1. The van der Waals surface area contributed by atoms with Crippen molar-refractivity contribution in [3.8, 4) is 0 Å². The Morgan fingerprint density at radius 3 is 2.62 bits per heavy atom. The van der Waals surface area contributed by atoms with Crippen LogP contribution in [0.15, 0.2) is 41.8 Å². The third kappa shape index (κ3) is 5.38. The molecule has 0 radical (unpaired) electrons. The van der Waals surface area contributed by atoms with Gasteiger partial charge in [0.1, 0.15) is 0 Å². The Hall–Kier alpha value is -2.34. The zero-order chi connectivity index (χ0) is 17.5. The van der Waals surface area contributed by atoms with Crippen LogP contribution in [-0.4, -0.2) is 18.5 Å². The number of hydrogen-bond acceptors (Lipinski definition) is 3. The number of hydrogen-bond donors (Lipinski definition) is 3. The molecule has 3 amide bonds. The number of urea groups is 1. The molecule has 2 rings (SSSR count). The van der Waals surface area contributed by atoms with E-state index in [9.17, 15) is 9.59 Å². The number of rotatable bonds is 6. The van der Waals surface area contributed by atoms with E-state index in [1.54, 1.807) is 11.3 Å². The van der Waals surface area contributed by atoms with Gasteiger partial charge in [0.15, 0.2) is 0 Å². The maximum Gasteiger partial charge on any atom is 0.315 e. The lowest BCUT2D eigenvalue weighted by molar-refractivity contribution is -0.114. The van der Waals surface area contributed by atoms with Crippen molar-refractivity contribution in [1.82, 2.24) is 10.6 Å². The molecule has 3 N–H and O–H groups in total. The molecule has 0 saturated carbocycles. The predicted molar refractivity (Wildman–Crippen MR) is 98.4 cm³/mol. The van der Waals surface area contributed by atoms with E-state index in [0.29, 0.717) is 6.54 Å². The molecule has 1 aromatic carbocycles. The van der Waals surface area contributed by atoms with Gasteiger partial charge >= 0.3 is 6.03 Å². The Kier molecular flexibility index (Phi) is 6.37. The monoisotopic (exact) mass is 345 g/mol. The molecule has 0 unspecified atom stereocenters. The zero-order valence-electron chi connectivity index (χ0n) is 14.1. The number of nitrogens with one attached hydrogen (secondary N) is 3. The zero-order valence-corrected chi connectivity index (χ0v) is 14.9. The van der Waals surface area contributed by atoms with Crippen molar-refractivity contribution in [3.63, 3.8) is 0 Å². The van der Waals surface area contributed by atoms with Gasteiger partial charge < -0.3 is 16.0 Å². The van der Waals surface area contributed by atoms with Crippen LogP contribution < -0.4 is 16.0 Å². The summed E-state index contributed by atoms with van der Waals surface area (Å²) in [6, 6.07) is 11.2. The molecule has 24 heavy (non-hydrogen) atoms. The van der Waals surface area contributed by atoms with Crippen molar-refractivity contribution in [1.29, 1.82) is 0 Å². The van der Waals surface area contributed by atoms with Crippen LogP contribution in [0.5, 0.6) is 0 Å². The Balaban J connectivity index is 1.86. The van der Waals surface area contributed by atoms with E-state index in [1.165, 1.54) is 11.8 Å². The lowest BCUT2D eigenvalue weighted by atomic mass is 10.1. The summed E-state index contributed by atoms with van der Waals surface area (Å²) < 4.78 is 0. The summed E-state index contributed by atoms with van der Waals surface area (Å²) in [5, 5.41) is 10.6. The highest BCUT2D eigenvalue weighted by molar-refractivity contribution is 7.10. The van der Waals surface area contributed by atoms with Crippen LogP contribution in [0.25, 0.3) is 0 Å². The maximum atomic E-state index is 12.1. The van der Waals surface area contributed by atoms with Crippen molar-refractivity contribution < 1.29 is 9.59 Å². The number of amides is 3. The largest absolute Gasteiger partial charge is 0.338 e. The molecular weight excluding hydrogens is 322 g/mol. The van der Waals surface area contributed by atoms with Crippen molar-refractivity contribution in [2.45, 2.75) is 32.7 Å². The summed E-state index contributed by atoms with van der Waals surface area (Å²) in [6.45, 7) is 6.06. The number of carbonyl (C=O) groups excluding carboxylic acids is 2. The Morgan fingerprint density at radius 2 is 1.96 bits per heavy atom. The summed E-state index contributed by atoms with van der Waals surface area (Å²) in [5.74, 6) is 0.169. The van der Waals surface area contributed by atoms with Gasteiger partial charge in [-0.3, -0.25) is 4.79 Å². The van der Waals surface area contributed by atoms with Crippen molar-refractivity contribution in [2.24, 2.45) is 0 Å². The smallest absolute Gasteiger partial charge is 0.315 e. The van der Waals surface area contributed by atoms with Gasteiger partial charge in [-0.25, -0.2) is 4.79 Å². The highest BCUT2D eigenvalue weighted by Gasteiger charge is 2.12. The second-order valence-corrected chi connectivity index (χ2v) is 6.78. The van der Waals surface area contributed by atoms with Gasteiger partial charge in [-0.05, 0) is 36.1 Å². The second kappa shape index (κ2) is 8.49. The topological polar surface area (TPSA) is 70.2 Å². The standard InChI is InChI=1S/C18H23N3O2S/c1-12(17-8-5-9-24-17)11-19-18(23)20-13(2)15-6-4-7-16(10-15)21-14(3)22/h4-10,12-13H,11H2,1-3H3,(H,21,22)(H2,19,20,23)/t12-,13+/m1/s1. The minimum absolute atomic E-state index is 0.118. The highest BCUT2D eigenvalue weighted by atomic mass is 32.1. The van der Waals surface area contributed by atoms with E-state index < -0.39 is 0 Å². The summed E-state index contributed by atoms with van der Waals surface area (Å²) >= 11 is 1.69. The molecule has 2 aromatic rings. The van der Waals surface area contributed by atoms with E-state index >= 15 is 0 Å². The average Bonchev–Trinajstić information content (AvgIpc) is 3.06. The van der Waals surface area contributed by atoms with Crippen LogP contribution in [0.2, 0.25) is 0 Å². The fourth-order valence-corrected chi connectivity index (χ4v) is 3.13. The predicted octanol–water partition coefficient (Wildman–Crippen LogP) is 3.87. The van der Waals surface area contributed by atoms with Gasteiger partial charge in [0.2, 0.25) is 5.91 Å². The molecule has 1 heterocycles. The Labute approximate surface area is 146 Å². The first-order valence-corrected chi connectivity index (χ1v) is 8.79. The molecule has 0 aliphatic heterocycles.